The van der Waals surface area contributed by atoms with E-state index in [1.165, 1.54) is 10.5 Å². The summed E-state index contributed by atoms with van der Waals surface area (Å²) in [5.74, 6) is 0. The fraction of sp³-hybridized carbons (Fsp3) is 0.250. The maximum atomic E-state index is 13.6. The van der Waals surface area contributed by atoms with E-state index in [2.05, 4.69) is 16.2 Å². The molecule has 7 nitrogen and oxygen atoms in total. The van der Waals surface area contributed by atoms with Crippen LogP contribution in [0.1, 0.15) is 24.0 Å². The smallest absolute Gasteiger partial charge is 0.258 e. The van der Waals surface area contributed by atoms with Crippen LogP contribution in [0, 0.1) is 0 Å². The Hall–Kier alpha value is -3.07. The Bertz CT molecular complexity index is 1410. The van der Waals surface area contributed by atoms with E-state index in [1.54, 1.807) is 6.07 Å². The second-order valence-electron chi connectivity index (χ2n) is 8.30. The quantitative estimate of drug-likeness (QED) is 0.470. The van der Waals surface area contributed by atoms with Gasteiger partial charge < -0.3 is 9.26 Å². The van der Waals surface area contributed by atoms with Crippen LogP contribution in [0.15, 0.2) is 76.3 Å². The van der Waals surface area contributed by atoms with Crippen LogP contribution in [-0.2, 0) is 27.0 Å². The number of piperidine rings is 1. The molecule has 0 bridgehead atoms. The third kappa shape index (κ3) is 2.98. The number of ether oxygens (including phenoxy) is 1. The molecule has 1 fully saturated rings. The standard InChI is InChI=1S/C24H21N3O4S/c28-32(29,27-12-6-11-24(16-27)21-10-5-4-9-18(21)15-30-24)19-13-20-22(17-7-2-1-3-8-17)26-31-23(20)25-14-19/h1-5,7-10,13-14H,6,11-12,15-16H2. The third-order valence-corrected chi connectivity index (χ3v) is 8.23. The van der Waals surface area contributed by atoms with Crippen molar-refractivity contribution in [1.29, 1.82) is 0 Å². The van der Waals surface area contributed by atoms with Crippen molar-refractivity contribution in [2.45, 2.75) is 29.9 Å². The first-order chi connectivity index (χ1) is 15.6. The first-order valence-corrected chi connectivity index (χ1v) is 12.0. The molecule has 2 aliphatic heterocycles. The summed E-state index contributed by atoms with van der Waals surface area (Å²) in [6.07, 6.45) is 2.88. The molecule has 0 saturated carbocycles. The highest BCUT2D eigenvalue weighted by Gasteiger charge is 2.46. The average molecular weight is 448 g/mol. The molecule has 2 aromatic carbocycles. The van der Waals surface area contributed by atoms with Crippen molar-refractivity contribution in [2.24, 2.45) is 0 Å². The molecule has 2 aliphatic rings. The average Bonchev–Trinajstić information content (AvgIpc) is 3.41. The minimum Gasteiger partial charge on any atom is -0.364 e. The van der Waals surface area contributed by atoms with Crippen molar-refractivity contribution >= 4 is 21.1 Å². The lowest BCUT2D eigenvalue weighted by Gasteiger charge is -2.39. The number of rotatable bonds is 3. The molecular weight excluding hydrogens is 426 g/mol. The van der Waals surface area contributed by atoms with Gasteiger partial charge in [0.1, 0.15) is 16.2 Å². The molecule has 1 atom stereocenters. The molecule has 4 aromatic rings. The van der Waals surface area contributed by atoms with Crippen molar-refractivity contribution in [3.05, 3.63) is 78.0 Å². The van der Waals surface area contributed by atoms with Gasteiger partial charge in [-0.05, 0) is 30.0 Å². The molecule has 162 valence electrons. The van der Waals surface area contributed by atoms with Gasteiger partial charge in [-0.3, -0.25) is 0 Å². The van der Waals surface area contributed by atoms with Crippen LogP contribution in [0.25, 0.3) is 22.4 Å². The van der Waals surface area contributed by atoms with E-state index >= 15 is 0 Å². The predicted octanol–water partition coefficient (Wildman–Crippen LogP) is 4.10. The topological polar surface area (TPSA) is 85.5 Å². The predicted molar refractivity (Wildman–Crippen MR) is 118 cm³/mol. The number of nitrogens with zero attached hydrogens (tertiary/aromatic N) is 3. The van der Waals surface area contributed by atoms with Crippen molar-refractivity contribution < 1.29 is 17.7 Å². The van der Waals surface area contributed by atoms with Crippen LogP contribution >= 0.6 is 0 Å². The van der Waals surface area contributed by atoms with Crippen LogP contribution in [0.3, 0.4) is 0 Å². The lowest BCUT2D eigenvalue weighted by molar-refractivity contribution is -0.0701. The number of pyridine rings is 1. The molecule has 8 heteroatoms. The van der Waals surface area contributed by atoms with E-state index < -0.39 is 15.6 Å². The monoisotopic (exact) mass is 447 g/mol. The molecule has 1 spiro atoms. The largest absolute Gasteiger partial charge is 0.364 e. The number of sulfonamides is 1. The van der Waals surface area contributed by atoms with Crippen LogP contribution < -0.4 is 0 Å². The first-order valence-electron chi connectivity index (χ1n) is 10.6. The van der Waals surface area contributed by atoms with Crippen LogP contribution in [-0.4, -0.2) is 36.0 Å². The van der Waals surface area contributed by atoms with E-state index in [4.69, 9.17) is 9.26 Å². The summed E-state index contributed by atoms with van der Waals surface area (Å²) in [5, 5.41) is 4.69. The maximum Gasteiger partial charge on any atom is 0.258 e. The van der Waals surface area contributed by atoms with E-state index in [0.29, 0.717) is 36.5 Å². The van der Waals surface area contributed by atoms with Gasteiger partial charge in [-0.2, -0.15) is 4.31 Å². The normalized spacial score (nSPS) is 21.2. The summed E-state index contributed by atoms with van der Waals surface area (Å²) in [5.41, 5.74) is 3.37. The molecule has 6 rings (SSSR count). The van der Waals surface area contributed by atoms with Crippen molar-refractivity contribution in [1.82, 2.24) is 14.4 Å². The summed E-state index contributed by atoms with van der Waals surface area (Å²) >= 11 is 0. The number of benzene rings is 2. The van der Waals surface area contributed by atoms with Crippen molar-refractivity contribution in [3.63, 3.8) is 0 Å². The van der Waals surface area contributed by atoms with Crippen LogP contribution in [0.4, 0.5) is 0 Å². The zero-order valence-electron chi connectivity index (χ0n) is 17.3. The summed E-state index contributed by atoms with van der Waals surface area (Å²) in [6, 6.07) is 19.2. The molecular formula is C24H21N3O4S. The molecule has 4 heterocycles. The number of hydrogen-bond acceptors (Lipinski definition) is 6. The Kier molecular flexibility index (Phi) is 4.43. The van der Waals surface area contributed by atoms with Gasteiger partial charge >= 0.3 is 0 Å². The Labute approximate surface area is 185 Å². The molecule has 1 unspecified atom stereocenters. The fourth-order valence-electron chi connectivity index (χ4n) is 4.82. The van der Waals surface area contributed by atoms with Gasteiger partial charge in [0.05, 0.1) is 18.2 Å². The summed E-state index contributed by atoms with van der Waals surface area (Å²) < 4.78 is 40.3. The first kappa shape index (κ1) is 19.6. The van der Waals surface area contributed by atoms with Crippen molar-refractivity contribution in [3.8, 4) is 11.3 Å². The van der Waals surface area contributed by atoms with Crippen molar-refractivity contribution in [2.75, 3.05) is 13.1 Å². The van der Waals surface area contributed by atoms with Gasteiger partial charge in [0.2, 0.25) is 10.0 Å². The molecule has 0 amide bonds. The van der Waals surface area contributed by atoms with Gasteiger partial charge in [-0.15, -0.1) is 0 Å². The molecule has 0 aliphatic carbocycles. The fourth-order valence-corrected chi connectivity index (χ4v) is 6.32. The molecule has 0 N–H and O–H groups in total. The minimum atomic E-state index is -3.77. The summed E-state index contributed by atoms with van der Waals surface area (Å²) in [7, 11) is -3.77. The molecule has 2 aromatic heterocycles. The lowest BCUT2D eigenvalue weighted by Crippen LogP contribution is -2.48. The second kappa shape index (κ2) is 7.23. The Morgan fingerprint density at radius 1 is 1.03 bits per heavy atom. The molecule has 0 radical (unpaired) electrons. The SMILES string of the molecule is O=S(=O)(c1cnc2onc(-c3ccccc3)c2c1)N1CCCC2(C1)OCc1ccccc12. The van der Waals surface area contributed by atoms with E-state index in [1.807, 2.05) is 48.5 Å². The number of fused-ring (bicyclic) bond motifs is 3. The maximum absolute atomic E-state index is 13.6. The van der Waals surface area contributed by atoms with Crippen LogP contribution in [0.5, 0.6) is 0 Å². The van der Waals surface area contributed by atoms with Gasteiger partial charge in [-0.1, -0.05) is 59.8 Å². The highest BCUT2D eigenvalue weighted by atomic mass is 32.2. The highest BCUT2D eigenvalue weighted by molar-refractivity contribution is 7.89. The zero-order chi connectivity index (χ0) is 21.8. The highest BCUT2D eigenvalue weighted by Crippen LogP contribution is 2.44. The minimum absolute atomic E-state index is 0.133. The van der Waals surface area contributed by atoms with E-state index in [-0.39, 0.29) is 4.90 Å². The van der Waals surface area contributed by atoms with Gasteiger partial charge in [0.25, 0.3) is 5.71 Å². The molecule has 1 saturated heterocycles. The molecule has 32 heavy (non-hydrogen) atoms. The Balaban J connectivity index is 1.38. The van der Waals surface area contributed by atoms with E-state index in [0.717, 1.165) is 29.5 Å². The number of aromatic nitrogens is 2. The third-order valence-electron chi connectivity index (χ3n) is 6.42. The van der Waals surface area contributed by atoms with Gasteiger partial charge in [-0.25, -0.2) is 13.4 Å². The Morgan fingerprint density at radius 3 is 2.72 bits per heavy atom. The van der Waals surface area contributed by atoms with Gasteiger partial charge in [0.15, 0.2) is 0 Å². The summed E-state index contributed by atoms with van der Waals surface area (Å²) in [4.78, 5) is 4.38. The van der Waals surface area contributed by atoms with Gasteiger partial charge in [0, 0.05) is 18.7 Å². The number of hydrogen-bond donors (Lipinski definition) is 0. The van der Waals surface area contributed by atoms with Crippen LogP contribution in [0.2, 0.25) is 0 Å². The Morgan fingerprint density at radius 2 is 1.84 bits per heavy atom. The summed E-state index contributed by atoms with van der Waals surface area (Å²) in [6.45, 7) is 1.25. The van der Waals surface area contributed by atoms with E-state index in [9.17, 15) is 8.42 Å². The second-order valence-corrected chi connectivity index (χ2v) is 10.2. The zero-order valence-corrected chi connectivity index (χ0v) is 18.1. The lowest BCUT2D eigenvalue weighted by atomic mass is 9.86.